The predicted molar refractivity (Wildman–Crippen MR) is 92.9 cm³/mol. The van der Waals surface area contributed by atoms with Crippen molar-refractivity contribution >= 4 is 5.91 Å². The normalized spacial score (nSPS) is 24.0. The fourth-order valence-corrected chi connectivity index (χ4v) is 3.86. The van der Waals surface area contributed by atoms with Crippen molar-refractivity contribution in [1.29, 1.82) is 0 Å². The Hall–Kier alpha value is -1.66. The van der Waals surface area contributed by atoms with Gasteiger partial charge in [0, 0.05) is 63.8 Å². The van der Waals surface area contributed by atoms with Crippen LogP contribution in [0, 0.1) is 11.7 Å². The van der Waals surface area contributed by atoms with Crippen LogP contribution in [-0.2, 0) is 16.1 Å². The van der Waals surface area contributed by atoms with E-state index in [4.69, 9.17) is 9.47 Å². The third-order valence-corrected chi connectivity index (χ3v) is 5.31. The molecule has 25 heavy (non-hydrogen) atoms. The molecule has 0 spiro atoms. The molecular formula is C19H27FN2O3. The molecule has 2 saturated heterocycles. The maximum Gasteiger partial charge on any atom is 0.222 e. The van der Waals surface area contributed by atoms with Crippen LogP contribution in [0.15, 0.2) is 18.2 Å². The molecule has 0 aromatic heterocycles. The highest BCUT2D eigenvalue weighted by molar-refractivity contribution is 5.76. The van der Waals surface area contributed by atoms with Gasteiger partial charge in [0.05, 0.1) is 13.2 Å². The summed E-state index contributed by atoms with van der Waals surface area (Å²) in [5.41, 5.74) is 0.641. The Morgan fingerprint density at radius 2 is 2.00 bits per heavy atom. The quantitative estimate of drug-likeness (QED) is 0.789. The van der Waals surface area contributed by atoms with E-state index in [1.54, 1.807) is 19.2 Å². The summed E-state index contributed by atoms with van der Waals surface area (Å²) < 4.78 is 24.8. The number of benzene rings is 1. The monoisotopic (exact) mass is 350 g/mol. The molecule has 0 saturated carbocycles. The summed E-state index contributed by atoms with van der Waals surface area (Å²) in [7, 11) is 3.22. The predicted octanol–water partition coefficient (Wildman–Crippen LogP) is 2.29. The van der Waals surface area contributed by atoms with Crippen LogP contribution in [0.4, 0.5) is 4.39 Å². The first-order valence-corrected chi connectivity index (χ1v) is 8.96. The van der Waals surface area contributed by atoms with Gasteiger partial charge in [0.15, 0.2) is 0 Å². The first-order valence-electron chi connectivity index (χ1n) is 8.96. The van der Waals surface area contributed by atoms with Gasteiger partial charge < -0.3 is 14.4 Å². The highest BCUT2D eigenvalue weighted by Gasteiger charge is 2.35. The third-order valence-electron chi connectivity index (χ3n) is 5.31. The number of hydrogen-bond donors (Lipinski definition) is 0. The Bertz CT molecular complexity index is 604. The molecule has 1 aromatic rings. The molecular weight excluding hydrogens is 323 g/mol. The zero-order valence-corrected chi connectivity index (χ0v) is 15.0. The zero-order valence-electron chi connectivity index (χ0n) is 15.0. The maximum atomic E-state index is 14.2. The van der Waals surface area contributed by atoms with E-state index in [2.05, 4.69) is 4.90 Å². The van der Waals surface area contributed by atoms with Crippen molar-refractivity contribution in [1.82, 2.24) is 9.80 Å². The van der Waals surface area contributed by atoms with E-state index < -0.39 is 0 Å². The lowest BCUT2D eigenvalue weighted by Gasteiger charge is -2.21. The minimum Gasteiger partial charge on any atom is -0.497 e. The van der Waals surface area contributed by atoms with Crippen LogP contribution in [0.25, 0.3) is 0 Å². The molecule has 0 unspecified atom stereocenters. The fourth-order valence-electron chi connectivity index (χ4n) is 3.86. The molecule has 0 radical (unpaired) electrons. The van der Waals surface area contributed by atoms with E-state index in [1.807, 2.05) is 4.90 Å². The molecule has 2 aliphatic heterocycles. The van der Waals surface area contributed by atoms with E-state index in [0.717, 1.165) is 39.0 Å². The van der Waals surface area contributed by atoms with Gasteiger partial charge in [-0.25, -0.2) is 4.39 Å². The lowest BCUT2D eigenvalue weighted by atomic mass is 10.0. The smallest absolute Gasteiger partial charge is 0.222 e. The van der Waals surface area contributed by atoms with Crippen molar-refractivity contribution in [3.8, 4) is 5.75 Å². The number of ether oxygens (including phenoxy) is 2. The van der Waals surface area contributed by atoms with E-state index in [9.17, 15) is 9.18 Å². The van der Waals surface area contributed by atoms with Gasteiger partial charge in [0.2, 0.25) is 5.91 Å². The molecule has 2 heterocycles. The number of amides is 1. The van der Waals surface area contributed by atoms with Gasteiger partial charge in [-0.15, -0.1) is 0 Å². The second-order valence-corrected chi connectivity index (χ2v) is 6.98. The first kappa shape index (κ1) is 18.1. The standard InChI is InChI=1S/C19H27FN2O3/c1-24-16-6-5-14(17(20)10-16)11-21-12-15(18(13-21)25-2)9-19(23)22-7-3-4-8-22/h5-6,10,15,18H,3-4,7-9,11-13H2,1-2H3/t15-,18-/m0/s1. The molecule has 2 atom stereocenters. The second kappa shape index (κ2) is 8.15. The summed E-state index contributed by atoms with van der Waals surface area (Å²) in [6, 6.07) is 4.95. The van der Waals surface area contributed by atoms with E-state index >= 15 is 0 Å². The summed E-state index contributed by atoms with van der Waals surface area (Å²) in [5.74, 6) is 0.651. The second-order valence-electron chi connectivity index (χ2n) is 6.98. The number of hydrogen-bond acceptors (Lipinski definition) is 4. The molecule has 2 aliphatic rings. The number of halogens is 1. The Morgan fingerprint density at radius 1 is 1.24 bits per heavy atom. The van der Waals surface area contributed by atoms with Crippen molar-refractivity contribution in [2.75, 3.05) is 40.4 Å². The van der Waals surface area contributed by atoms with Crippen LogP contribution in [0.3, 0.4) is 0 Å². The summed E-state index contributed by atoms with van der Waals surface area (Å²) in [4.78, 5) is 16.6. The number of nitrogens with zero attached hydrogens (tertiary/aromatic N) is 2. The molecule has 1 amide bonds. The van der Waals surface area contributed by atoms with Crippen LogP contribution < -0.4 is 4.74 Å². The van der Waals surface area contributed by atoms with Crippen LogP contribution in [0.2, 0.25) is 0 Å². The maximum absolute atomic E-state index is 14.2. The van der Waals surface area contributed by atoms with Crippen LogP contribution in [0.5, 0.6) is 5.75 Å². The topological polar surface area (TPSA) is 42.0 Å². The molecule has 1 aromatic carbocycles. The largest absolute Gasteiger partial charge is 0.497 e. The number of methoxy groups -OCH3 is 2. The molecule has 0 N–H and O–H groups in total. The van der Waals surface area contributed by atoms with Gasteiger partial charge in [0.25, 0.3) is 0 Å². The van der Waals surface area contributed by atoms with E-state index in [-0.39, 0.29) is 23.7 Å². The SMILES string of the molecule is COc1ccc(CN2C[C@H](CC(=O)N3CCCC3)[C@@H](OC)C2)c(F)c1. The summed E-state index contributed by atoms with van der Waals surface area (Å²) >= 11 is 0. The summed E-state index contributed by atoms with van der Waals surface area (Å²) in [6.45, 7) is 3.75. The Balaban J connectivity index is 1.60. The van der Waals surface area contributed by atoms with Crippen LogP contribution in [0.1, 0.15) is 24.8 Å². The van der Waals surface area contributed by atoms with E-state index in [0.29, 0.717) is 24.3 Å². The van der Waals surface area contributed by atoms with Crippen LogP contribution >= 0.6 is 0 Å². The van der Waals surface area contributed by atoms with Gasteiger partial charge in [0.1, 0.15) is 11.6 Å². The lowest BCUT2D eigenvalue weighted by Crippen LogP contribution is -2.32. The molecule has 6 heteroatoms. The zero-order chi connectivity index (χ0) is 17.8. The Kier molecular flexibility index (Phi) is 5.91. The molecule has 0 aliphatic carbocycles. The number of rotatable bonds is 6. The van der Waals surface area contributed by atoms with Crippen LogP contribution in [-0.4, -0.2) is 62.2 Å². The van der Waals surface area contributed by atoms with E-state index in [1.165, 1.54) is 13.2 Å². The Labute approximate surface area is 148 Å². The number of carbonyl (C=O) groups excluding carboxylic acids is 1. The molecule has 2 fully saturated rings. The van der Waals surface area contributed by atoms with Crippen molar-refractivity contribution in [2.24, 2.45) is 5.92 Å². The molecule has 3 rings (SSSR count). The van der Waals surface area contributed by atoms with Crippen molar-refractivity contribution in [3.05, 3.63) is 29.6 Å². The highest BCUT2D eigenvalue weighted by Crippen LogP contribution is 2.27. The summed E-state index contributed by atoms with van der Waals surface area (Å²) in [6.07, 6.45) is 2.74. The lowest BCUT2D eigenvalue weighted by molar-refractivity contribution is -0.131. The minimum atomic E-state index is -0.259. The number of likely N-dealkylation sites (tertiary alicyclic amines) is 2. The average Bonchev–Trinajstić information content (AvgIpc) is 3.26. The van der Waals surface area contributed by atoms with Gasteiger partial charge in [-0.3, -0.25) is 9.69 Å². The first-order chi connectivity index (χ1) is 12.1. The minimum absolute atomic E-state index is 0.0212. The highest BCUT2D eigenvalue weighted by atomic mass is 19.1. The summed E-state index contributed by atoms with van der Waals surface area (Å²) in [5, 5.41) is 0. The average molecular weight is 350 g/mol. The van der Waals surface area contributed by atoms with Crippen molar-refractivity contribution < 1.29 is 18.7 Å². The van der Waals surface area contributed by atoms with Crippen molar-refractivity contribution in [2.45, 2.75) is 31.9 Å². The van der Waals surface area contributed by atoms with Gasteiger partial charge in [-0.05, 0) is 18.9 Å². The van der Waals surface area contributed by atoms with Gasteiger partial charge in [-0.1, -0.05) is 6.07 Å². The molecule has 5 nitrogen and oxygen atoms in total. The molecule has 138 valence electrons. The fraction of sp³-hybridized carbons (Fsp3) is 0.632. The van der Waals surface area contributed by atoms with Gasteiger partial charge in [-0.2, -0.15) is 0 Å². The molecule has 0 bridgehead atoms. The number of carbonyl (C=O) groups is 1. The third kappa shape index (κ3) is 4.30. The van der Waals surface area contributed by atoms with Crippen molar-refractivity contribution in [3.63, 3.8) is 0 Å². The Morgan fingerprint density at radius 3 is 2.64 bits per heavy atom. The van der Waals surface area contributed by atoms with Gasteiger partial charge >= 0.3 is 0 Å².